The van der Waals surface area contributed by atoms with Crippen LogP contribution in [0, 0.1) is 11.3 Å². The van der Waals surface area contributed by atoms with Gasteiger partial charge in [0.15, 0.2) is 0 Å². The summed E-state index contributed by atoms with van der Waals surface area (Å²) in [5.74, 6) is 1.43. The Bertz CT molecular complexity index is 426. The van der Waals surface area contributed by atoms with Crippen LogP contribution in [-0.2, 0) is 4.74 Å². The minimum absolute atomic E-state index is 0.240. The third-order valence-electron chi connectivity index (χ3n) is 2.85. The lowest BCUT2D eigenvalue weighted by Gasteiger charge is -2.26. The normalized spacial score (nSPS) is 15.7. The fourth-order valence-electron chi connectivity index (χ4n) is 1.85. The van der Waals surface area contributed by atoms with E-state index < -0.39 is 0 Å². The molecule has 7 nitrogen and oxygen atoms in total. The average molecular weight is 262 g/mol. The highest BCUT2D eigenvalue weighted by Gasteiger charge is 2.09. The van der Waals surface area contributed by atoms with Gasteiger partial charge in [-0.2, -0.15) is 5.26 Å². The number of nitrogens with zero attached hydrogens (tertiary/aromatic N) is 4. The molecule has 0 atom stereocenters. The van der Waals surface area contributed by atoms with Crippen LogP contribution in [0.25, 0.3) is 0 Å². The molecule has 1 fully saturated rings. The first kappa shape index (κ1) is 13.5. The standard InChI is InChI=1S/C12H18N6O/c13-1-2-14-11-9-12(17-10-16-11)15-3-4-18-5-7-19-8-6-18/h9-10H,2-8H2,(H2,14,15,16,17). The summed E-state index contributed by atoms with van der Waals surface area (Å²) in [5, 5.41) is 14.6. The predicted molar refractivity (Wildman–Crippen MR) is 71.9 cm³/mol. The Balaban J connectivity index is 1.74. The molecule has 0 amide bonds. The van der Waals surface area contributed by atoms with Gasteiger partial charge in [-0.1, -0.05) is 0 Å². The van der Waals surface area contributed by atoms with E-state index in [9.17, 15) is 0 Å². The van der Waals surface area contributed by atoms with E-state index in [-0.39, 0.29) is 6.54 Å². The Morgan fingerprint density at radius 1 is 1.26 bits per heavy atom. The molecule has 2 N–H and O–H groups in total. The van der Waals surface area contributed by atoms with E-state index in [0.29, 0.717) is 5.82 Å². The highest BCUT2D eigenvalue weighted by atomic mass is 16.5. The second-order valence-corrected chi connectivity index (χ2v) is 4.18. The molecule has 1 aromatic heterocycles. The lowest BCUT2D eigenvalue weighted by atomic mass is 10.4. The summed E-state index contributed by atoms with van der Waals surface area (Å²) >= 11 is 0. The first-order chi connectivity index (χ1) is 9.38. The summed E-state index contributed by atoms with van der Waals surface area (Å²) < 4.78 is 5.30. The first-order valence-electron chi connectivity index (χ1n) is 6.35. The van der Waals surface area contributed by atoms with Crippen molar-refractivity contribution < 1.29 is 4.74 Å². The fraction of sp³-hybridized carbons (Fsp3) is 0.583. The quantitative estimate of drug-likeness (QED) is 0.706. The van der Waals surface area contributed by atoms with Crippen molar-refractivity contribution in [3.05, 3.63) is 12.4 Å². The van der Waals surface area contributed by atoms with Crippen molar-refractivity contribution in [2.45, 2.75) is 0 Å². The van der Waals surface area contributed by atoms with Gasteiger partial charge in [-0.05, 0) is 0 Å². The van der Waals surface area contributed by atoms with Gasteiger partial charge in [0.2, 0.25) is 0 Å². The number of aromatic nitrogens is 2. The number of hydrogen-bond donors (Lipinski definition) is 2. The van der Waals surface area contributed by atoms with E-state index >= 15 is 0 Å². The molecule has 0 aliphatic carbocycles. The molecule has 0 spiro atoms. The fourth-order valence-corrected chi connectivity index (χ4v) is 1.85. The van der Waals surface area contributed by atoms with Gasteiger partial charge in [0.05, 0.1) is 19.3 Å². The Labute approximate surface area is 112 Å². The summed E-state index contributed by atoms with van der Waals surface area (Å²) in [6.45, 7) is 5.64. The van der Waals surface area contributed by atoms with E-state index in [1.165, 1.54) is 6.33 Å². The van der Waals surface area contributed by atoms with E-state index in [0.717, 1.165) is 45.2 Å². The van der Waals surface area contributed by atoms with Crippen LogP contribution in [0.1, 0.15) is 0 Å². The Hall–Kier alpha value is -1.91. The summed E-state index contributed by atoms with van der Waals surface area (Å²) in [5.41, 5.74) is 0. The molecule has 1 aliphatic heterocycles. The summed E-state index contributed by atoms with van der Waals surface area (Å²) in [4.78, 5) is 10.5. The molecular formula is C12H18N6O. The highest BCUT2D eigenvalue weighted by molar-refractivity contribution is 5.46. The molecule has 2 heterocycles. The number of rotatable bonds is 6. The monoisotopic (exact) mass is 262 g/mol. The van der Waals surface area contributed by atoms with Crippen LogP contribution in [-0.4, -0.2) is 60.8 Å². The maximum Gasteiger partial charge on any atom is 0.132 e. The summed E-state index contributed by atoms with van der Waals surface area (Å²) in [7, 11) is 0. The maximum atomic E-state index is 8.50. The Morgan fingerprint density at radius 3 is 2.74 bits per heavy atom. The molecule has 7 heteroatoms. The third-order valence-corrected chi connectivity index (χ3v) is 2.85. The second kappa shape index (κ2) is 7.51. The largest absolute Gasteiger partial charge is 0.379 e. The van der Waals surface area contributed by atoms with Gasteiger partial charge >= 0.3 is 0 Å². The molecule has 1 saturated heterocycles. The maximum absolute atomic E-state index is 8.50. The SMILES string of the molecule is N#CCNc1cc(NCCN2CCOCC2)ncn1. The molecule has 0 unspecified atom stereocenters. The number of morpholine rings is 1. The van der Waals surface area contributed by atoms with Crippen molar-refractivity contribution in [2.75, 3.05) is 56.6 Å². The van der Waals surface area contributed by atoms with E-state index in [1.807, 2.05) is 6.07 Å². The lowest BCUT2D eigenvalue weighted by molar-refractivity contribution is 0.0398. The van der Waals surface area contributed by atoms with Gasteiger partial charge in [0.1, 0.15) is 24.5 Å². The van der Waals surface area contributed by atoms with Crippen molar-refractivity contribution >= 4 is 11.6 Å². The zero-order valence-corrected chi connectivity index (χ0v) is 10.8. The molecule has 0 radical (unpaired) electrons. The second-order valence-electron chi connectivity index (χ2n) is 4.18. The molecular weight excluding hydrogens is 244 g/mol. The molecule has 0 saturated carbocycles. The number of nitriles is 1. The summed E-state index contributed by atoms with van der Waals surface area (Å²) in [6, 6.07) is 3.81. The van der Waals surface area contributed by atoms with E-state index in [2.05, 4.69) is 25.5 Å². The average Bonchev–Trinajstić information content (AvgIpc) is 2.47. The van der Waals surface area contributed by atoms with E-state index in [1.54, 1.807) is 6.07 Å². The van der Waals surface area contributed by atoms with Gasteiger partial charge in [0, 0.05) is 32.2 Å². The van der Waals surface area contributed by atoms with Crippen LogP contribution in [0.3, 0.4) is 0 Å². The van der Waals surface area contributed by atoms with Crippen molar-refractivity contribution in [2.24, 2.45) is 0 Å². The molecule has 0 aromatic carbocycles. The Kier molecular flexibility index (Phi) is 5.34. The van der Waals surface area contributed by atoms with Crippen molar-refractivity contribution in [1.29, 1.82) is 5.26 Å². The first-order valence-corrected chi connectivity index (χ1v) is 6.35. The van der Waals surface area contributed by atoms with Crippen LogP contribution >= 0.6 is 0 Å². The van der Waals surface area contributed by atoms with Gasteiger partial charge in [-0.25, -0.2) is 9.97 Å². The van der Waals surface area contributed by atoms with Crippen molar-refractivity contribution in [3.63, 3.8) is 0 Å². The third kappa shape index (κ3) is 4.69. The van der Waals surface area contributed by atoms with Gasteiger partial charge < -0.3 is 15.4 Å². The van der Waals surface area contributed by atoms with Crippen LogP contribution in [0.15, 0.2) is 12.4 Å². The smallest absolute Gasteiger partial charge is 0.132 e. The molecule has 1 aromatic rings. The van der Waals surface area contributed by atoms with Gasteiger partial charge in [0.25, 0.3) is 0 Å². The highest BCUT2D eigenvalue weighted by Crippen LogP contribution is 2.07. The lowest BCUT2D eigenvalue weighted by Crippen LogP contribution is -2.39. The van der Waals surface area contributed by atoms with E-state index in [4.69, 9.17) is 10.00 Å². The zero-order chi connectivity index (χ0) is 13.3. The number of ether oxygens (including phenoxy) is 1. The van der Waals surface area contributed by atoms with Gasteiger partial charge in [-0.3, -0.25) is 4.90 Å². The minimum atomic E-state index is 0.240. The van der Waals surface area contributed by atoms with Gasteiger partial charge in [-0.15, -0.1) is 0 Å². The summed E-state index contributed by atoms with van der Waals surface area (Å²) in [6.07, 6.45) is 1.48. The molecule has 2 rings (SSSR count). The van der Waals surface area contributed by atoms with Crippen molar-refractivity contribution in [3.8, 4) is 6.07 Å². The molecule has 0 bridgehead atoms. The number of nitrogens with one attached hydrogen (secondary N) is 2. The van der Waals surface area contributed by atoms with Crippen molar-refractivity contribution in [1.82, 2.24) is 14.9 Å². The van der Waals surface area contributed by atoms with Crippen LogP contribution in [0.4, 0.5) is 11.6 Å². The minimum Gasteiger partial charge on any atom is -0.379 e. The topological polar surface area (TPSA) is 86.1 Å². The molecule has 19 heavy (non-hydrogen) atoms. The van der Waals surface area contributed by atoms with Crippen LogP contribution in [0.5, 0.6) is 0 Å². The molecule has 102 valence electrons. The van der Waals surface area contributed by atoms with Crippen LogP contribution in [0.2, 0.25) is 0 Å². The number of hydrogen-bond acceptors (Lipinski definition) is 7. The molecule has 1 aliphatic rings. The Morgan fingerprint density at radius 2 is 2.00 bits per heavy atom. The number of anilines is 2. The van der Waals surface area contributed by atoms with Crippen LogP contribution < -0.4 is 10.6 Å². The predicted octanol–water partition coefficient (Wildman–Crippen LogP) is 0.156. The zero-order valence-electron chi connectivity index (χ0n) is 10.8.